The number of carbonyl (C=O) groups is 2. The van der Waals surface area contributed by atoms with Crippen LogP contribution in [0.2, 0.25) is 0 Å². The molecule has 150 valence electrons. The predicted octanol–water partition coefficient (Wildman–Crippen LogP) is 4.84. The molecule has 0 spiro atoms. The number of carbonyl (C=O) groups excluding carboxylic acids is 2. The summed E-state index contributed by atoms with van der Waals surface area (Å²) < 4.78 is 0. The van der Waals surface area contributed by atoms with E-state index < -0.39 is 0 Å². The molecule has 2 aromatic carbocycles. The van der Waals surface area contributed by atoms with Crippen molar-refractivity contribution >= 4 is 11.8 Å². The molecule has 0 bridgehead atoms. The van der Waals surface area contributed by atoms with Gasteiger partial charge in [-0.2, -0.15) is 0 Å². The number of benzene rings is 2. The van der Waals surface area contributed by atoms with E-state index in [9.17, 15) is 9.59 Å². The van der Waals surface area contributed by atoms with E-state index in [1.54, 1.807) is 6.07 Å². The molecule has 0 fully saturated rings. The van der Waals surface area contributed by atoms with Crippen LogP contribution < -0.4 is 10.6 Å². The standard InChI is InChI=1S/C24H32N2O2/c1-4-6-10-13-25-23(27)21-14-18(3)15-22(16-21)24(28)26-17-19(5-2)20-11-8-7-9-12-20/h7-9,11-12,14-16,19H,4-6,10,13,17H2,1-3H3,(H,25,27)(H,26,28)/t19-/m0/s1. The van der Waals surface area contributed by atoms with Crippen molar-refractivity contribution in [2.75, 3.05) is 13.1 Å². The van der Waals surface area contributed by atoms with Crippen molar-refractivity contribution in [3.63, 3.8) is 0 Å². The molecule has 28 heavy (non-hydrogen) atoms. The minimum absolute atomic E-state index is 0.121. The zero-order valence-electron chi connectivity index (χ0n) is 17.3. The first kappa shape index (κ1) is 21.7. The quantitative estimate of drug-likeness (QED) is 0.580. The molecular formula is C24H32N2O2. The summed E-state index contributed by atoms with van der Waals surface area (Å²) in [6.45, 7) is 7.40. The molecule has 0 aromatic heterocycles. The van der Waals surface area contributed by atoms with Crippen LogP contribution in [0.5, 0.6) is 0 Å². The van der Waals surface area contributed by atoms with Crippen molar-refractivity contribution in [2.24, 2.45) is 0 Å². The molecule has 1 atom stereocenters. The highest BCUT2D eigenvalue weighted by Gasteiger charge is 2.14. The van der Waals surface area contributed by atoms with Gasteiger partial charge in [0, 0.05) is 30.1 Å². The third-order valence-corrected chi connectivity index (χ3v) is 4.94. The van der Waals surface area contributed by atoms with Gasteiger partial charge >= 0.3 is 0 Å². The third-order valence-electron chi connectivity index (χ3n) is 4.94. The predicted molar refractivity (Wildman–Crippen MR) is 115 cm³/mol. The van der Waals surface area contributed by atoms with Gasteiger partial charge in [0.25, 0.3) is 11.8 Å². The highest BCUT2D eigenvalue weighted by molar-refractivity contribution is 6.00. The third kappa shape index (κ3) is 6.52. The van der Waals surface area contributed by atoms with E-state index in [1.165, 1.54) is 5.56 Å². The molecule has 2 N–H and O–H groups in total. The summed E-state index contributed by atoms with van der Waals surface area (Å²) in [5, 5.41) is 5.97. The molecule has 0 aliphatic heterocycles. The minimum Gasteiger partial charge on any atom is -0.352 e. The van der Waals surface area contributed by atoms with Crippen LogP contribution in [0.25, 0.3) is 0 Å². The van der Waals surface area contributed by atoms with Crippen molar-refractivity contribution in [2.45, 2.75) is 52.4 Å². The molecule has 0 aliphatic rings. The van der Waals surface area contributed by atoms with Crippen molar-refractivity contribution in [1.29, 1.82) is 0 Å². The average Bonchev–Trinajstić information content (AvgIpc) is 2.71. The SMILES string of the molecule is CCCCCNC(=O)c1cc(C)cc(C(=O)NC[C@H](CC)c2ccccc2)c1. The largest absolute Gasteiger partial charge is 0.352 e. The maximum Gasteiger partial charge on any atom is 0.251 e. The Morgan fingerprint density at radius 2 is 1.54 bits per heavy atom. The van der Waals surface area contributed by atoms with Gasteiger partial charge in [-0.15, -0.1) is 0 Å². The van der Waals surface area contributed by atoms with E-state index in [1.807, 2.05) is 37.3 Å². The smallest absolute Gasteiger partial charge is 0.251 e. The van der Waals surface area contributed by atoms with Crippen LogP contribution in [-0.2, 0) is 0 Å². The fourth-order valence-corrected chi connectivity index (χ4v) is 3.27. The van der Waals surface area contributed by atoms with Crippen molar-refractivity contribution in [3.05, 3.63) is 70.8 Å². The van der Waals surface area contributed by atoms with Crippen molar-refractivity contribution in [3.8, 4) is 0 Å². The fraction of sp³-hybridized carbons (Fsp3) is 0.417. The number of amides is 2. The van der Waals surface area contributed by atoms with E-state index in [-0.39, 0.29) is 17.7 Å². The molecule has 0 heterocycles. The van der Waals surface area contributed by atoms with Crippen LogP contribution in [0, 0.1) is 6.92 Å². The second-order valence-corrected chi connectivity index (χ2v) is 7.28. The number of aryl methyl sites for hydroxylation is 1. The van der Waals surface area contributed by atoms with E-state index in [4.69, 9.17) is 0 Å². The minimum atomic E-state index is -0.141. The van der Waals surface area contributed by atoms with Gasteiger partial charge in [-0.25, -0.2) is 0 Å². The summed E-state index contributed by atoms with van der Waals surface area (Å²) in [7, 11) is 0. The Labute approximate surface area is 168 Å². The maximum atomic E-state index is 12.7. The zero-order valence-corrected chi connectivity index (χ0v) is 17.3. The Hall–Kier alpha value is -2.62. The first-order valence-corrected chi connectivity index (χ1v) is 10.3. The lowest BCUT2D eigenvalue weighted by Gasteiger charge is -2.16. The second kappa shape index (κ2) is 11.3. The van der Waals surface area contributed by atoms with Gasteiger partial charge in [-0.1, -0.05) is 57.0 Å². The number of hydrogen-bond donors (Lipinski definition) is 2. The molecule has 2 rings (SSSR count). The summed E-state index contributed by atoms with van der Waals surface area (Å²) in [6.07, 6.45) is 4.14. The van der Waals surface area contributed by atoms with Crippen LogP contribution in [0.3, 0.4) is 0 Å². The van der Waals surface area contributed by atoms with E-state index in [0.717, 1.165) is 31.2 Å². The summed E-state index contributed by atoms with van der Waals surface area (Å²) >= 11 is 0. The maximum absolute atomic E-state index is 12.7. The monoisotopic (exact) mass is 380 g/mol. The number of rotatable bonds is 10. The van der Waals surface area contributed by atoms with Gasteiger partial charge in [0.05, 0.1) is 0 Å². The Balaban J connectivity index is 2.00. The second-order valence-electron chi connectivity index (χ2n) is 7.28. The zero-order chi connectivity index (χ0) is 20.4. The van der Waals surface area contributed by atoms with Crippen molar-refractivity contribution < 1.29 is 9.59 Å². The van der Waals surface area contributed by atoms with Crippen LogP contribution in [0.4, 0.5) is 0 Å². The first-order valence-electron chi connectivity index (χ1n) is 10.3. The van der Waals surface area contributed by atoms with Crippen LogP contribution in [0.15, 0.2) is 48.5 Å². The molecule has 0 saturated heterocycles. The normalized spacial score (nSPS) is 11.7. The van der Waals surface area contributed by atoms with E-state index in [0.29, 0.717) is 24.2 Å². The fourth-order valence-electron chi connectivity index (χ4n) is 3.27. The number of unbranched alkanes of at least 4 members (excludes halogenated alkanes) is 2. The highest BCUT2D eigenvalue weighted by atomic mass is 16.2. The number of hydrogen-bond acceptors (Lipinski definition) is 2. The lowest BCUT2D eigenvalue weighted by Crippen LogP contribution is -2.29. The molecule has 0 unspecified atom stereocenters. The Morgan fingerprint density at radius 1 is 0.893 bits per heavy atom. The van der Waals surface area contributed by atoms with E-state index >= 15 is 0 Å². The Morgan fingerprint density at radius 3 is 2.14 bits per heavy atom. The van der Waals surface area contributed by atoms with E-state index in [2.05, 4.69) is 36.6 Å². The first-order chi connectivity index (χ1) is 13.5. The Kier molecular flexibility index (Phi) is 8.73. The summed E-state index contributed by atoms with van der Waals surface area (Å²) in [6, 6.07) is 15.5. The lowest BCUT2D eigenvalue weighted by molar-refractivity contribution is 0.0950. The van der Waals surface area contributed by atoms with Gasteiger partial charge in [-0.3, -0.25) is 9.59 Å². The van der Waals surface area contributed by atoms with Gasteiger partial charge in [0.2, 0.25) is 0 Å². The van der Waals surface area contributed by atoms with Crippen molar-refractivity contribution in [1.82, 2.24) is 10.6 Å². The van der Waals surface area contributed by atoms with Gasteiger partial charge in [0.1, 0.15) is 0 Å². The van der Waals surface area contributed by atoms with Crippen LogP contribution in [-0.4, -0.2) is 24.9 Å². The number of nitrogens with one attached hydrogen (secondary N) is 2. The molecular weight excluding hydrogens is 348 g/mol. The molecule has 2 amide bonds. The summed E-state index contributed by atoms with van der Waals surface area (Å²) in [5.41, 5.74) is 3.20. The lowest BCUT2D eigenvalue weighted by atomic mass is 9.96. The topological polar surface area (TPSA) is 58.2 Å². The average molecular weight is 381 g/mol. The molecule has 4 nitrogen and oxygen atoms in total. The van der Waals surface area contributed by atoms with Gasteiger partial charge < -0.3 is 10.6 Å². The molecule has 4 heteroatoms. The summed E-state index contributed by atoms with van der Waals surface area (Å²) in [4.78, 5) is 25.1. The highest BCUT2D eigenvalue weighted by Crippen LogP contribution is 2.18. The van der Waals surface area contributed by atoms with Gasteiger partial charge in [0.15, 0.2) is 0 Å². The van der Waals surface area contributed by atoms with Crippen LogP contribution in [0.1, 0.15) is 77.3 Å². The van der Waals surface area contributed by atoms with Crippen LogP contribution >= 0.6 is 0 Å². The molecule has 0 saturated carbocycles. The Bertz CT molecular complexity index is 771. The molecule has 2 aromatic rings. The van der Waals surface area contributed by atoms with Gasteiger partial charge in [-0.05, 0) is 49.1 Å². The molecule has 0 radical (unpaired) electrons. The summed E-state index contributed by atoms with van der Waals surface area (Å²) in [5.74, 6) is 0.0129. The molecule has 0 aliphatic carbocycles.